The van der Waals surface area contributed by atoms with Crippen LogP contribution in [0.3, 0.4) is 0 Å². The number of aliphatic hydroxyl groups excluding tert-OH is 1. The van der Waals surface area contributed by atoms with Crippen molar-refractivity contribution in [1.82, 2.24) is 0 Å². The Bertz CT molecular complexity index is 2290. The van der Waals surface area contributed by atoms with Gasteiger partial charge in [0, 0.05) is 12.8 Å². The van der Waals surface area contributed by atoms with Gasteiger partial charge >= 0.3 is 0 Å². The third-order valence-electron chi connectivity index (χ3n) is 9.27. The van der Waals surface area contributed by atoms with Crippen molar-refractivity contribution in [1.29, 1.82) is 5.41 Å². The third kappa shape index (κ3) is 13.0. The fourth-order valence-electron chi connectivity index (χ4n) is 6.59. The average molecular weight is 751 g/mol. The quantitative estimate of drug-likeness (QED) is 0.118. The summed E-state index contributed by atoms with van der Waals surface area (Å²) in [7, 11) is 1.00. The summed E-state index contributed by atoms with van der Waals surface area (Å²) in [6.45, 7) is 19.9. The maximum Gasteiger partial charge on any atom is 0.0690 e. The van der Waals surface area contributed by atoms with Crippen LogP contribution in [0, 0.1) is 19.3 Å². The Morgan fingerprint density at radius 3 is 1.75 bits per heavy atom. The van der Waals surface area contributed by atoms with E-state index in [-0.39, 0.29) is 0 Å². The Kier molecular flexibility index (Phi) is 18.9. The number of fused-ring (bicyclic) bond motifs is 3. The standard InChI is InChI=1S/C38H34.C7H8.C6H7N.C2H5N.CH4O/c1-28-14-13-22-35(26-28)33-18-8-7-16-32-17-9-10-21-36(32)27-31(4)38(30(3)24-25-33)29(2)15-5-6-19-34-20-11-12-23-37(34)38;1-7-5-3-2-4-6-7;7-6-4-2-1-3-5-6;1-2-3;1-2/h5-6,9-27H,2-4,7-8H2,1H3;2-6H,1H3;1-5H,7H2;2-3H,1H3;2H,1H3/b15-5-,19-6-,25-24-,32-16-,33-18+,36-27-;;;;. The Morgan fingerprint density at radius 1 is 0.596 bits per heavy atom. The second-order valence-electron chi connectivity index (χ2n) is 13.4. The van der Waals surface area contributed by atoms with Gasteiger partial charge in [-0.1, -0.05) is 207 Å². The van der Waals surface area contributed by atoms with E-state index in [0.29, 0.717) is 0 Å². The topological polar surface area (TPSA) is 70.1 Å². The van der Waals surface area contributed by atoms with Crippen LogP contribution in [0.2, 0.25) is 0 Å². The van der Waals surface area contributed by atoms with E-state index in [1.807, 2.05) is 48.5 Å². The zero-order valence-electron chi connectivity index (χ0n) is 34.0. The van der Waals surface area contributed by atoms with Crippen LogP contribution in [0.5, 0.6) is 0 Å². The molecule has 2 aliphatic carbocycles. The van der Waals surface area contributed by atoms with Gasteiger partial charge in [0.15, 0.2) is 0 Å². The minimum atomic E-state index is -0.701. The highest BCUT2D eigenvalue weighted by Crippen LogP contribution is 2.48. The SMILES string of the molecule is C=C1/C=C\C=C/c2ccccc2C12C(=C)/C=C\C(c1cccc(C)c1)=C/CC/C=c1/cccc/c1=C/C2=C.CC=N.CO.Cc1ccccc1.Nc1ccccc1. The number of aliphatic hydroxyl groups is 1. The Hall–Kier alpha value is -6.55. The van der Waals surface area contributed by atoms with Crippen LogP contribution in [0.25, 0.3) is 23.8 Å². The molecule has 1 spiro atoms. The first kappa shape index (κ1) is 44.8. The predicted octanol–water partition coefficient (Wildman–Crippen LogP) is 11.7. The molecule has 3 heteroatoms. The maximum atomic E-state index is 7.00. The average Bonchev–Trinajstić information content (AvgIpc) is 3.22. The molecule has 7 rings (SSSR count). The largest absolute Gasteiger partial charge is 0.400 e. The van der Waals surface area contributed by atoms with Crippen molar-refractivity contribution in [2.24, 2.45) is 0 Å². The van der Waals surface area contributed by atoms with Crippen molar-refractivity contribution in [2.75, 3.05) is 12.8 Å². The lowest BCUT2D eigenvalue weighted by Crippen LogP contribution is -2.34. The molecular formula is C54H58N2O. The lowest BCUT2D eigenvalue weighted by Gasteiger charge is -2.39. The van der Waals surface area contributed by atoms with Crippen molar-refractivity contribution in [3.8, 4) is 0 Å². The van der Waals surface area contributed by atoms with Crippen molar-refractivity contribution < 1.29 is 5.11 Å². The summed E-state index contributed by atoms with van der Waals surface area (Å²) >= 11 is 0. The molecule has 0 fully saturated rings. The molecule has 0 heterocycles. The van der Waals surface area contributed by atoms with Gasteiger partial charge in [0.2, 0.25) is 0 Å². The highest BCUT2D eigenvalue weighted by molar-refractivity contribution is 5.78. The normalized spacial score (nSPS) is 19.2. The van der Waals surface area contributed by atoms with Crippen LogP contribution in [0.1, 0.15) is 47.6 Å². The first-order valence-electron chi connectivity index (χ1n) is 19.2. The fraction of sp³-hybridized carbons (Fsp3) is 0.130. The first-order valence-corrected chi connectivity index (χ1v) is 19.2. The number of hydrogen-bond acceptors (Lipinski definition) is 3. The molecule has 0 aliphatic heterocycles. The summed E-state index contributed by atoms with van der Waals surface area (Å²) in [5, 5.41) is 15.5. The van der Waals surface area contributed by atoms with Gasteiger partial charge in [0.1, 0.15) is 0 Å². The summed E-state index contributed by atoms with van der Waals surface area (Å²) < 4.78 is 0. The van der Waals surface area contributed by atoms with Gasteiger partial charge in [0.25, 0.3) is 0 Å². The van der Waals surface area contributed by atoms with Crippen molar-refractivity contribution in [3.05, 3.63) is 245 Å². The number of benzene rings is 5. The molecule has 0 saturated heterocycles. The molecular weight excluding hydrogens is 693 g/mol. The number of anilines is 1. The van der Waals surface area contributed by atoms with E-state index in [4.69, 9.17) is 29.4 Å². The zero-order chi connectivity index (χ0) is 41.5. The Balaban J connectivity index is 0.000000375. The molecule has 0 saturated carbocycles. The number of nitrogens with one attached hydrogen (secondary N) is 1. The van der Waals surface area contributed by atoms with Crippen molar-refractivity contribution in [2.45, 2.75) is 39.0 Å². The van der Waals surface area contributed by atoms with E-state index in [1.165, 1.54) is 33.7 Å². The molecule has 0 amide bonds. The summed E-state index contributed by atoms with van der Waals surface area (Å²) in [6.07, 6.45) is 22.8. The molecule has 2 aliphatic rings. The fourth-order valence-corrected chi connectivity index (χ4v) is 6.59. The van der Waals surface area contributed by atoms with E-state index in [1.54, 1.807) is 6.92 Å². The lowest BCUT2D eigenvalue weighted by molar-refractivity contribution is 0.399. The van der Waals surface area contributed by atoms with Crippen LogP contribution in [0.15, 0.2) is 206 Å². The minimum absolute atomic E-state index is 0.701. The van der Waals surface area contributed by atoms with Crippen molar-refractivity contribution >= 4 is 35.7 Å². The van der Waals surface area contributed by atoms with Gasteiger partial charge < -0.3 is 16.2 Å². The number of aryl methyl sites for hydroxylation is 2. The second kappa shape index (κ2) is 24.1. The monoisotopic (exact) mass is 750 g/mol. The number of para-hydroxylation sites is 1. The number of allylic oxidation sites excluding steroid dienone is 10. The Labute approximate surface area is 341 Å². The number of nitrogen functional groups attached to an aromatic ring is 1. The highest BCUT2D eigenvalue weighted by atomic mass is 16.2. The molecule has 0 aromatic heterocycles. The van der Waals surface area contributed by atoms with Gasteiger partial charge in [-0.15, -0.1) is 0 Å². The van der Waals surface area contributed by atoms with Gasteiger partial charge in [-0.2, -0.15) is 0 Å². The van der Waals surface area contributed by atoms with Crippen LogP contribution >= 0.6 is 0 Å². The Morgan fingerprint density at radius 2 is 1.14 bits per heavy atom. The molecule has 290 valence electrons. The van der Waals surface area contributed by atoms with Crippen LogP contribution in [-0.4, -0.2) is 18.4 Å². The molecule has 0 bridgehead atoms. The number of nitrogens with two attached hydrogens (primary N) is 1. The van der Waals surface area contributed by atoms with E-state index in [9.17, 15) is 0 Å². The van der Waals surface area contributed by atoms with Crippen LogP contribution in [-0.2, 0) is 5.41 Å². The second-order valence-corrected chi connectivity index (χ2v) is 13.4. The molecule has 5 aromatic carbocycles. The highest BCUT2D eigenvalue weighted by Gasteiger charge is 2.40. The van der Waals surface area contributed by atoms with Crippen LogP contribution < -0.4 is 16.2 Å². The minimum Gasteiger partial charge on any atom is -0.400 e. The summed E-state index contributed by atoms with van der Waals surface area (Å²) in [5.74, 6) is 0. The first-order chi connectivity index (χ1) is 27.7. The van der Waals surface area contributed by atoms with Crippen molar-refractivity contribution in [3.63, 3.8) is 0 Å². The number of rotatable bonds is 1. The number of hydrogen-bond donors (Lipinski definition) is 3. The summed E-state index contributed by atoms with van der Waals surface area (Å²) in [4.78, 5) is 0. The third-order valence-corrected chi connectivity index (χ3v) is 9.27. The van der Waals surface area contributed by atoms with E-state index in [0.717, 1.165) is 58.7 Å². The molecule has 1 unspecified atom stereocenters. The molecule has 3 nitrogen and oxygen atoms in total. The molecule has 57 heavy (non-hydrogen) atoms. The van der Waals surface area contributed by atoms with Gasteiger partial charge in [-0.05, 0) is 101 Å². The van der Waals surface area contributed by atoms with Gasteiger partial charge in [0.05, 0.1) is 5.41 Å². The molecule has 0 radical (unpaired) electrons. The van der Waals surface area contributed by atoms with E-state index >= 15 is 0 Å². The predicted molar refractivity (Wildman–Crippen MR) is 250 cm³/mol. The summed E-state index contributed by atoms with van der Waals surface area (Å²) in [6, 6.07) is 45.5. The van der Waals surface area contributed by atoms with Gasteiger partial charge in [-0.25, -0.2) is 0 Å². The lowest BCUT2D eigenvalue weighted by atomic mass is 9.63. The maximum absolute atomic E-state index is 7.00. The molecule has 1 atom stereocenters. The zero-order valence-corrected chi connectivity index (χ0v) is 34.0. The van der Waals surface area contributed by atoms with E-state index < -0.39 is 5.41 Å². The van der Waals surface area contributed by atoms with Crippen LogP contribution in [0.4, 0.5) is 5.69 Å². The smallest absolute Gasteiger partial charge is 0.0690 e. The summed E-state index contributed by atoms with van der Waals surface area (Å²) in [5.41, 5.74) is 15.6. The van der Waals surface area contributed by atoms with E-state index in [2.05, 4.69) is 160 Å². The van der Waals surface area contributed by atoms with Gasteiger partial charge in [-0.3, -0.25) is 0 Å². The molecule has 5 aromatic rings. The molecule has 4 N–H and O–H groups in total.